The average molecular weight is 254 g/mol. The molecule has 2 aliphatic heterocycles. The number of amidine groups is 1. The van der Waals surface area contributed by atoms with Crippen LogP contribution in [0.15, 0.2) is 5.16 Å². The van der Waals surface area contributed by atoms with Crippen molar-refractivity contribution in [2.75, 3.05) is 26.2 Å². The molecule has 0 aromatic rings. The minimum absolute atomic E-state index is 0.337. The van der Waals surface area contributed by atoms with Crippen molar-refractivity contribution in [3.8, 4) is 0 Å². The lowest BCUT2D eigenvalue weighted by Gasteiger charge is -2.33. The zero-order valence-corrected chi connectivity index (χ0v) is 11.4. The maximum Gasteiger partial charge on any atom is 0.140 e. The van der Waals surface area contributed by atoms with Gasteiger partial charge in [-0.1, -0.05) is 11.6 Å². The third kappa shape index (κ3) is 3.36. The Labute approximate surface area is 110 Å². The summed E-state index contributed by atoms with van der Waals surface area (Å²) in [5, 5.41) is 11.7. The van der Waals surface area contributed by atoms with E-state index in [9.17, 15) is 0 Å². The smallest absolute Gasteiger partial charge is 0.140 e. The number of hydrogen-bond donors (Lipinski definition) is 2. The van der Waals surface area contributed by atoms with Crippen molar-refractivity contribution in [1.29, 1.82) is 0 Å². The van der Waals surface area contributed by atoms with Crippen LogP contribution in [0.25, 0.3) is 0 Å². The Morgan fingerprint density at radius 1 is 1.33 bits per heavy atom. The lowest BCUT2D eigenvalue weighted by Crippen LogP contribution is -2.42. The fourth-order valence-electron chi connectivity index (χ4n) is 3.22. The quantitative estimate of drug-likeness (QED) is 0.341. The highest BCUT2D eigenvalue weighted by atomic mass is 16.4. The molecule has 5 heteroatoms. The molecule has 2 saturated heterocycles. The Hall–Kier alpha value is -0.810. The highest BCUT2D eigenvalue weighted by Crippen LogP contribution is 2.22. The van der Waals surface area contributed by atoms with Gasteiger partial charge in [-0.15, -0.1) is 0 Å². The van der Waals surface area contributed by atoms with Gasteiger partial charge >= 0.3 is 0 Å². The summed E-state index contributed by atoms with van der Waals surface area (Å²) >= 11 is 0. The summed E-state index contributed by atoms with van der Waals surface area (Å²) in [5.41, 5.74) is 5.58. The van der Waals surface area contributed by atoms with E-state index in [1.54, 1.807) is 0 Å². The first-order chi connectivity index (χ1) is 8.70. The minimum atomic E-state index is 0.337. The Morgan fingerprint density at radius 2 is 2.06 bits per heavy atom. The largest absolute Gasteiger partial charge is 0.409 e. The SMILES string of the molecule is CC(CC(N)=NO)N1CCC(N2CCCCC2)C1. The van der Waals surface area contributed by atoms with Crippen molar-refractivity contribution in [2.24, 2.45) is 10.9 Å². The van der Waals surface area contributed by atoms with Crippen molar-refractivity contribution < 1.29 is 5.21 Å². The number of hydrogen-bond acceptors (Lipinski definition) is 4. The van der Waals surface area contributed by atoms with E-state index >= 15 is 0 Å². The van der Waals surface area contributed by atoms with Gasteiger partial charge in [0.15, 0.2) is 0 Å². The van der Waals surface area contributed by atoms with E-state index in [0.29, 0.717) is 18.3 Å². The van der Waals surface area contributed by atoms with Gasteiger partial charge in [-0.05, 0) is 39.3 Å². The molecule has 0 aromatic heterocycles. The molecule has 0 spiro atoms. The van der Waals surface area contributed by atoms with Gasteiger partial charge in [-0.3, -0.25) is 9.80 Å². The van der Waals surface area contributed by atoms with E-state index in [-0.39, 0.29) is 0 Å². The van der Waals surface area contributed by atoms with Crippen LogP contribution in [0, 0.1) is 0 Å². The summed E-state index contributed by atoms with van der Waals surface area (Å²) < 4.78 is 0. The molecule has 0 aliphatic carbocycles. The predicted octanol–water partition coefficient (Wildman–Crippen LogP) is 1.07. The Kier molecular flexibility index (Phi) is 4.83. The predicted molar refractivity (Wildman–Crippen MR) is 72.9 cm³/mol. The number of oxime groups is 1. The van der Waals surface area contributed by atoms with E-state index in [1.165, 1.54) is 38.8 Å². The van der Waals surface area contributed by atoms with Crippen LogP contribution in [0.2, 0.25) is 0 Å². The van der Waals surface area contributed by atoms with Gasteiger partial charge < -0.3 is 10.9 Å². The van der Waals surface area contributed by atoms with Gasteiger partial charge in [0.1, 0.15) is 5.84 Å². The van der Waals surface area contributed by atoms with Gasteiger partial charge in [0.05, 0.1) is 0 Å². The molecular formula is C13H26N4O. The van der Waals surface area contributed by atoms with Gasteiger partial charge in [0.2, 0.25) is 0 Å². The topological polar surface area (TPSA) is 65.1 Å². The van der Waals surface area contributed by atoms with E-state index in [4.69, 9.17) is 10.9 Å². The summed E-state index contributed by atoms with van der Waals surface area (Å²) in [6, 6.07) is 1.09. The molecule has 5 nitrogen and oxygen atoms in total. The molecule has 0 saturated carbocycles. The highest BCUT2D eigenvalue weighted by Gasteiger charge is 2.30. The van der Waals surface area contributed by atoms with Crippen LogP contribution in [0.5, 0.6) is 0 Å². The molecule has 2 fully saturated rings. The van der Waals surface area contributed by atoms with Gasteiger partial charge in [0.25, 0.3) is 0 Å². The molecule has 2 unspecified atom stereocenters. The molecule has 0 aromatic carbocycles. The number of nitrogens with zero attached hydrogens (tertiary/aromatic N) is 3. The standard InChI is InChI=1S/C13H26N4O/c1-11(9-13(14)15-18)17-8-5-12(10-17)16-6-3-2-4-7-16/h11-12,18H,2-10H2,1H3,(H2,14,15). The molecule has 104 valence electrons. The first-order valence-electron chi connectivity index (χ1n) is 7.15. The Morgan fingerprint density at radius 3 is 2.72 bits per heavy atom. The van der Waals surface area contributed by atoms with Crippen LogP contribution in [0.3, 0.4) is 0 Å². The number of likely N-dealkylation sites (tertiary alicyclic amines) is 2. The van der Waals surface area contributed by atoms with Crippen molar-refractivity contribution >= 4 is 5.84 Å². The van der Waals surface area contributed by atoms with Crippen molar-refractivity contribution in [3.63, 3.8) is 0 Å². The zero-order chi connectivity index (χ0) is 13.0. The molecule has 0 amide bonds. The van der Waals surface area contributed by atoms with E-state index < -0.39 is 0 Å². The number of nitrogens with two attached hydrogens (primary N) is 1. The maximum absolute atomic E-state index is 8.62. The Balaban J connectivity index is 1.80. The number of piperidine rings is 1. The molecule has 18 heavy (non-hydrogen) atoms. The fourth-order valence-corrected chi connectivity index (χ4v) is 3.22. The molecule has 2 rings (SSSR count). The van der Waals surface area contributed by atoms with E-state index in [0.717, 1.165) is 19.1 Å². The third-order valence-electron chi connectivity index (χ3n) is 4.36. The summed E-state index contributed by atoms with van der Waals surface area (Å²) in [4.78, 5) is 5.12. The second kappa shape index (κ2) is 6.38. The second-order valence-corrected chi connectivity index (χ2v) is 5.68. The molecule has 2 aliphatic rings. The molecular weight excluding hydrogens is 228 g/mol. The zero-order valence-electron chi connectivity index (χ0n) is 11.4. The third-order valence-corrected chi connectivity index (χ3v) is 4.36. The second-order valence-electron chi connectivity index (χ2n) is 5.68. The van der Waals surface area contributed by atoms with Crippen LogP contribution < -0.4 is 5.73 Å². The summed E-state index contributed by atoms with van der Waals surface area (Å²) in [5.74, 6) is 0.337. The van der Waals surface area contributed by atoms with E-state index in [2.05, 4.69) is 21.9 Å². The molecule has 3 N–H and O–H groups in total. The van der Waals surface area contributed by atoms with Crippen LogP contribution in [0.1, 0.15) is 39.0 Å². The van der Waals surface area contributed by atoms with Crippen LogP contribution >= 0.6 is 0 Å². The normalized spacial score (nSPS) is 29.6. The lowest BCUT2D eigenvalue weighted by molar-refractivity contribution is 0.155. The van der Waals surface area contributed by atoms with Gasteiger partial charge in [-0.2, -0.15) is 0 Å². The minimum Gasteiger partial charge on any atom is -0.409 e. The summed E-state index contributed by atoms with van der Waals surface area (Å²) in [7, 11) is 0. The van der Waals surface area contributed by atoms with Crippen LogP contribution in [0.4, 0.5) is 0 Å². The molecule has 0 bridgehead atoms. The monoisotopic (exact) mass is 254 g/mol. The van der Waals surface area contributed by atoms with Crippen LogP contribution in [-0.4, -0.2) is 59.1 Å². The first kappa shape index (κ1) is 13.6. The molecule has 2 atom stereocenters. The van der Waals surface area contributed by atoms with Crippen molar-refractivity contribution in [3.05, 3.63) is 0 Å². The Bertz CT molecular complexity index is 289. The summed E-state index contributed by atoms with van der Waals surface area (Å²) in [6.45, 7) is 6.98. The maximum atomic E-state index is 8.62. The van der Waals surface area contributed by atoms with Gasteiger partial charge in [0, 0.05) is 31.6 Å². The fraction of sp³-hybridized carbons (Fsp3) is 0.923. The summed E-state index contributed by atoms with van der Waals surface area (Å²) in [6.07, 6.45) is 6.03. The van der Waals surface area contributed by atoms with Crippen LogP contribution in [-0.2, 0) is 0 Å². The average Bonchev–Trinajstić information content (AvgIpc) is 2.89. The van der Waals surface area contributed by atoms with Crippen molar-refractivity contribution in [1.82, 2.24) is 9.80 Å². The number of rotatable bonds is 4. The highest BCUT2D eigenvalue weighted by molar-refractivity contribution is 5.80. The molecule has 2 heterocycles. The lowest BCUT2D eigenvalue weighted by atomic mass is 10.1. The van der Waals surface area contributed by atoms with Gasteiger partial charge in [-0.25, -0.2) is 0 Å². The van der Waals surface area contributed by atoms with E-state index in [1.807, 2.05) is 0 Å². The molecule has 0 radical (unpaired) electrons. The van der Waals surface area contributed by atoms with Crippen molar-refractivity contribution in [2.45, 2.75) is 51.1 Å². The first-order valence-corrected chi connectivity index (χ1v) is 7.15.